The van der Waals surface area contributed by atoms with Gasteiger partial charge in [-0.2, -0.15) is 0 Å². The van der Waals surface area contributed by atoms with Crippen molar-refractivity contribution in [3.63, 3.8) is 0 Å². The number of amides is 1. The third kappa shape index (κ3) is 1.73. The van der Waals surface area contributed by atoms with Crippen molar-refractivity contribution in [2.24, 2.45) is 0 Å². The van der Waals surface area contributed by atoms with Gasteiger partial charge < -0.3 is 9.64 Å². The molecule has 0 aromatic heterocycles. The molecule has 1 aromatic rings. The minimum Gasteiger partial charge on any atom is -0.490 e. The van der Waals surface area contributed by atoms with Crippen molar-refractivity contribution in [2.45, 2.75) is 0 Å². The molecule has 1 amide bonds. The van der Waals surface area contributed by atoms with E-state index < -0.39 is 5.91 Å². The molecular weight excluding hydrogens is 196 g/mol. The Balaban J connectivity index is 2.39. The second-order valence-electron chi connectivity index (χ2n) is 3.39. The molecule has 0 bridgehead atoms. The molecule has 0 spiro atoms. The van der Waals surface area contributed by atoms with Crippen LogP contribution in [0, 0.1) is 0 Å². The highest BCUT2D eigenvalue weighted by molar-refractivity contribution is 5.94. The predicted octanol–water partition coefficient (Wildman–Crippen LogP) is 0.634. The molecule has 0 unspecified atom stereocenters. The van der Waals surface area contributed by atoms with Gasteiger partial charge in [-0.15, -0.1) is 0 Å². The maximum absolute atomic E-state index is 11.2. The number of ether oxygens (including phenoxy) is 1. The first-order valence-corrected chi connectivity index (χ1v) is 4.65. The number of anilines is 1. The topological polar surface area (TPSA) is 61.8 Å². The second-order valence-corrected chi connectivity index (χ2v) is 3.39. The Kier molecular flexibility index (Phi) is 2.47. The highest BCUT2D eigenvalue weighted by atomic mass is 16.5. The van der Waals surface area contributed by atoms with Gasteiger partial charge in [0, 0.05) is 12.6 Å². The summed E-state index contributed by atoms with van der Waals surface area (Å²) < 4.78 is 5.43. The van der Waals surface area contributed by atoms with E-state index in [-0.39, 0.29) is 0 Å². The van der Waals surface area contributed by atoms with Gasteiger partial charge >= 0.3 is 0 Å². The largest absolute Gasteiger partial charge is 0.490 e. The number of likely N-dealkylation sites (N-methyl/N-ethyl adjacent to an activating group) is 1. The van der Waals surface area contributed by atoms with Gasteiger partial charge in [-0.3, -0.25) is 10.0 Å². The van der Waals surface area contributed by atoms with Crippen LogP contribution in [0.4, 0.5) is 5.69 Å². The lowest BCUT2D eigenvalue weighted by Gasteiger charge is -2.27. The van der Waals surface area contributed by atoms with Gasteiger partial charge in [-0.05, 0) is 18.2 Å². The first-order valence-electron chi connectivity index (χ1n) is 4.65. The summed E-state index contributed by atoms with van der Waals surface area (Å²) in [7, 11) is 1.93. The predicted molar refractivity (Wildman–Crippen MR) is 54.5 cm³/mol. The zero-order chi connectivity index (χ0) is 10.8. The SMILES string of the molecule is CN1CCOc2ccc(C(=O)NO)cc21. The van der Waals surface area contributed by atoms with Crippen LogP contribution < -0.4 is 15.1 Å². The fraction of sp³-hybridized carbons (Fsp3) is 0.300. The van der Waals surface area contributed by atoms with Crippen molar-refractivity contribution < 1.29 is 14.7 Å². The lowest BCUT2D eigenvalue weighted by Crippen LogP contribution is -2.29. The van der Waals surface area contributed by atoms with Crippen LogP contribution >= 0.6 is 0 Å². The number of hydrogen-bond donors (Lipinski definition) is 2. The van der Waals surface area contributed by atoms with Gasteiger partial charge in [-0.1, -0.05) is 0 Å². The van der Waals surface area contributed by atoms with Crippen molar-refractivity contribution in [1.82, 2.24) is 5.48 Å². The first-order chi connectivity index (χ1) is 7.22. The van der Waals surface area contributed by atoms with E-state index in [1.165, 1.54) is 0 Å². The molecule has 1 heterocycles. The summed E-state index contributed by atoms with van der Waals surface area (Å²) in [5.74, 6) is 0.245. The number of carbonyl (C=O) groups excluding carboxylic acids is 1. The Bertz CT molecular complexity index is 392. The Labute approximate surface area is 87.2 Å². The van der Waals surface area contributed by atoms with Gasteiger partial charge in [0.05, 0.1) is 12.2 Å². The summed E-state index contributed by atoms with van der Waals surface area (Å²) in [4.78, 5) is 13.2. The fourth-order valence-corrected chi connectivity index (χ4v) is 1.56. The van der Waals surface area contributed by atoms with Crippen LogP contribution in [0.15, 0.2) is 18.2 Å². The van der Waals surface area contributed by atoms with E-state index in [0.717, 1.165) is 18.0 Å². The summed E-state index contributed by atoms with van der Waals surface area (Å²) in [5, 5.41) is 8.51. The Morgan fingerprint density at radius 2 is 2.40 bits per heavy atom. The first kappa shape index (κ1) is 9.79. The molecule has 80 valence electrons. The summed E-state index contributed by atoms with van der Waals surface area (Å²) in [6, 6.07) is 5.04. The molecular formula is C10H12N2O3. The highest BCUT2D eigenvalue weighted by Crippen LogP contribution is 2.31. The highest BCUT2D eigenvalue weighted by Gasteiger charge is 2.16. The van der Waals surface area contributed by atoms with E-state index in [2.05, 4.69) is 0 Å². The lowest BCUT2D eigenvalue weighted by molar-refractivity contribution is 0.0706. The minimum absolute atomic E-state index is 0.411. The number of nitrogens with zero attached hydrogens (tertiary/aromatic N) is 1. The zero-order valence-electron chi connectivity index (χ0n) is 8.36. The number of carbonyl (C=O) groups is 1. The smallest absolute Gasteiger partial charge is 0.274 e. The normalized spacial score (nSPS) is 14.1. The Hall–Kier alpha value is -1.75. The van der Waals surface area contributed by atoms with Gasteiger partial charge in [0.2, 0.25) is 0 Å². The third-order valence-electron chi connectivity index (χ3n) is 2.42. The van der Waals surface area contributed by atoms with Crippen LogP contribution in [0.1, 0.15) is 10.4 Å². The molecule has 2 N–H and O–H groups in total. The summed E-state index contributed by atoms with van der Waals surface area (Å²) in [5.41, 5.74) is 2.88. The number of benzene rings is 1. The zero-order valence-corrected chi connectivity index (χ0v) is 8.36. The Morgan fingerprint density at radius 3 is 3.13 bits per heavy atom. The molecule has 0 aliphatic carbocycles. The number of fused-ring (bicyclic) bond motifs is 1. The van der Waals surface area contributed by atoms with E-state index in [4.69, 9.17) is 9.94 Å². The number of hydroxylamine groups is 1. The van der Waals surface area contributed by atoms with Gasteiger partial charge in [-0.25, -0.2) is 5.48 Å². The molecule has 15 heavy (non-hydrogen) atoms. The molecule has 0 saturated heterocycles. The van der Waals surface area contributed by atoms with Crippen molar-refractivity contribution in [3.8, 4) is 5.75 Å². The standard InChI is InChI=1S/C10H12N2O3/c1-12-4-5-15-9-3-2-7(6-8(9)12)10(13)11-14/h2-3,6,14H,4-5H2,1H3,(H,11,13). The van der Waals surface area contributed by atoms with Crippen LogP contribution in [0.3, 0.4) is 0 Å². The van der Waals surface area contributed by atoms with Crippen molar-refractivity contribution in [3.05, 3.63) is 23.8 Å². The average molecular weight is 208 g/mol. The molecule has 1 aliphatic heterocycles. The summed E-state index contributed by atoms with van der Waals surface area (Å²) in [6.45, 7) is 1.44. The number of rotatable bonds is 1. The number of hydrogen-bond acceptors (Lipinski definition) is 4. The maximum atomic E-state index is 11.2. The van der Waals surface area contributed by atoms with Crippen LogP contribution in [-0.4, -0.2) is 31.3 Å². The number of nitrogens with one attached hydrogen (secondary N) is 1. The average Bonchev–Trinajstić information content (AvgIpc) is 2.28. The Morgan fingerprint density at radius 1 is 1.60 bits per heavy atom. The van der Waals surface area contributed by atoms with E-state index in [0.29, 0.717) is 12.2 Å². The molecule has 0 saturated carbocycles. The minimum atomic E-state index is -0.517. The van der Waals surface area contributed by atoms with E-state index in [1.54, 1.807) is 23.7 Å². The molecule has 1 aromatic carbocycles. The van der Waals surface area contributed by atoms with Crippen LogP contribution in [0.5, 0.6) is 5.75 Å². The van der Waals surface area contributed by atoms with E-state index >= 15 is 0 Å². The molecule has 5 heteroatoms. The second kappa shape index (κ2) is 3.78. The molecule has 0 atom stereocenters. The van der Waals surface area contributed by atoms with Crippen molar-refractivity contribution in [2.75, 3.05) is 25.1 Å². The quantitative estimate of drug-likeness (QED) is 0.525. The van der Waals surface area contributed by atoms with Crippen molar-refractivity contribution >= 4 is 11.6 Å². The van der Waals surface area contributed by atoms with Gasteiger partial charge in [0.15, 0.2) is 0 Å². The van der Waals surface area contributed by atoms with Crippen molar-refractivity contribution in [1.29, 1.82) is 0 Å². The van der Waals surface area contributed by atoms with E-state index in [9.17, 15) is 4.79 Å². The molecule has 0 radical (unpaired) electrons. The summed E-state index contributed by atoms with van der Waals surface area (Å²) >= 11 is 0. The molecule has 2 rings (SSSR count). The van der Waals surface area contributed by atoms with Crippen LogP contribution in [0.25, 0.3) is 0 Å². The van der Waals surface area contributed by atoms with Crippen LogP contribution in [0.2, 0.25) is 0 Å². The lowest BCUT2D eigenvalue weighted by atomic mass is 10.1. The van der Waals surface area contributed by atoms with Crippen LogP contribution in [-0.2, 0) is 0 Å². The monoisotopic (exact) mass is 208 g/mol. The fourth-order valence-electron chi connectivity index (χ4n) is 1.56. The summed E-state index contributed by atoms with van der Waals surface area (Å²) in [6.07, 6.45) is 0. The van der Waals surface area contributed by atoms with Gasteiger partial charge in [0.25, 0.3) is 5.91 Å². The van der Waals surface area contributed by atoms with Gasteiger partial charge in [0.1, 0.15) is 12.4 Å². The molecule has 5 nitrogen and oxygen atoms in total. The third-order valence-corrected chi connectivity index (χ3v) is 2.42. The molecule has 0 fully saturated rings. The maximum Gasteiger partial charge on any atom is 0.274 e. The molecule has 1 aliphatic rings. The van der Waals surface area contributed by atoms with E-state index in [1.807, 2.05) is 11.9 Å².